The fourth-order valence-electron chi connectivity index (χ4n) is 2.54. The molecule has 1 unspecified atom stereocenters. The Bertz CT molecular complexity index is 965. The van der Waals surface area contributed by atoms with Crippen molar-refractivity contribution in [2.24, 2.45) is 0 Å². The Morgan fingerprint density at radius 1 is 1.21 bits per heavy atom. The number of nitrogens with zero attached hydrogens (tertiary/aromatic N) is 2. The van der Waals surface area contributed by atoms with Gasteiger partial charge in [-0.25, -0.2) is 4.98 Å². The van der Waals surface area contributed by atoms with Crippen LogP contribution < -0.4 is 5.56 Å². The number of nitrogens with one attached hydrogen (secondary N) is 1. The highest BCUT2D eigenvalue weighted by molar-refractivity contribution is 5.92. The summed E-state index contributed by atoms with van der Waals surface area (Å²) in [6, 6.07) is 13.3. The third-order valence-corrected chi connectivity index (χ3v) is 4.07. The molecule has 3 aromatic rings. The standard InChI is InChI=1S/C18H17N3O3/c1-11(12-6-5-7-13(22)10-12)21(2)18(24)16-19-15-9-4-3-8-14(15)17(23)20-16/h3-11,22H,1-2H3,(H,19,20,23). The second-order valence-corrected chi connectivity index (χ2v) is 5.62. The molecule has 0 fully saturated rings. The molecule has 0 bridgehead atoms. The van der Waals surface area contributed by atoms with E-state index in [0.717, 1.165) is 5.56 Å². The number of carbonyl (C=O) groups is 1. The van der Waals surface area contributed by atoms with Crippen LogP contribution in [0.1, 0.15) is 29.1 Å². The summed E-state index contributed by atoms with van der Waals surface area (Å²) in [5.74, 6) is -0.265. The number of hydrogen-bond acceptors (Lipinski definition) is 4. The average Bonchev–Trinajstić information content (AvgIpc) is 2.59. The number of hydrogen-bond donors (Lipinski definition) is 2. The first-order valence-electron chi connectivity index (χ1n) is 7.52. The minimum Gasteiger partial charge on any atom is -0.508 e. The Labute approximate surface area is 138 Å². The average molecular weight is 323 g/mol. The van der Waals surface area contributed by atoms with E-state index >= 15 is 0 Å². The van der Waals surface area contributed by atoms with Gasteiger partial charge < -0.3 is 15.0 Å². The van der Waals surface area contributed by atoms with E-state index in [1.54, 1.807) is 49.5 Å². The van der Waals surface area contributed by atoms with Crippen LogP contribution in [0.3, 0.4) is 0 Å². The van der Waals surface area contributed by atoms with Crippen molar-refractivity contribution in [1.29, 1.82) is 0 Å². The second kappa shape index (κ2) is 6.16. The van der Waals surface area contributed by atoms with Crippen molar-refractivity contribution in [1.82, 2.24) is 14.9 Å². The lowest BCUT2D eigenvalue weighted by Gasteiger charge is -2.25. The molecule has 24 heavy (non-hydrogen) atoms. The number of phenolic OH excluding ortho intramolecular Hbond substituents is 1. The molecule has 3 rings (SSSR count). The van der Waals surface area contributed by atoms with E-state index in [0.29, 0.717) is 10.9 Å². The van der Waals surface area contributed by atoms with Gasteiger partial charge in [0, 0.05) is 7.05 Å². The Hall–Kier alpha value is -3.15. The zero-order valence-corrected chi connectivity index (χ0v) is 13.4. The van der Waals surface area contributed by atoms with Crippen molar-refractivity contribution in [3.8, 4) is 5.75 Å². The third kappa shape index (κ3) is 2.86. The molecule has 2 N–H and O–H groups in total. The van der Waals surface area contributed by atoms with Gasteiger partial charge in [-0.3, -0.25) is 9.59 Å². The third-order valence-electron chi connectivity index (χ3n) is 4.07. The first-order valence-corrected chi connectivity index (χ1v) is 7.52. The van der Waals surface area contributed by atoms with Crippen molar-refractivity contribution < 1.29 is 9.90 Å². The summed E-state index contributed by atoms with van der Waals surface area (Å²) in [6.07, 6.45) is 0. The van der Waals surface area contributed by atoms with Crippen LogP contribution in [-0.2, 0) is 0 Å². The van der Waals surface area contributed by atoms with Gasteiger partial charge in [0.15, 0.2) is 5.82 Å². The molecule has 1 heterocycles. The molecule has 0 spiro atoms. The second-order valence-electron chi connectivity index (χ2n) is 5.62. The van der Waals surface area contributed by atoms with E-state index in [1.807, 2.05) is 13.0 Å². The molecule has 122 valence electrons. The predicted molar refractivity (Wildman–Crippen MR) is 91.0 cm³/mol. The van der Waals surface area contributed by atoms with Gasteiger partial charge in [-0.1, -0.05) is 24.3 Å². The fraction of sp³-hybridized carbons (Fsp3) is 0.167. The number of aromatic amines is 1. The minimum atomic E-state index is -0.395. The van der Waals surface area contributed by atoms with Gasteiger partial charge in [0.1, 0.15) is 5.75 Å². The van der Waals surface area contributed by atoms with E-state index in [2.05, 4.69) is 9.97 Å². The van der Waals surface area contributed by atoms with Gasteiger partial charge in [-0.2, -0.15) is 0 Å². The quantitative estimate of drug-likeness (QED) is 0.775. The van der Waals surface area contributed by atoms with Crippen molar-refractivity contribution in [2.75, 3.05) is 7.05 Å². The van der Waals surface area contributed by atoms with Crippen LogP contribution in [0, 0.1) is 0 Å². The Kier molecular flexibility index (Phi) is 4.04. The Balaban J connectivity index is 1.95. The lowest BCUT2D eigenvalue weighted by atomic mass is 10.1. The summed E-state index contributed by atoms with van der Waals surface area (Å²) in [7, 11) is 1.63. The van der Waals surface area contributed by atoms with E-state index in [4.69, 9.17) is 0 Å². The number of benzene rings is 2. The number of para-hydroxylation sites is 1. The monoisotopic (exact) mass is 323 g/mol. The number of carbonyl (C=O) groups excluding carboxylic acids is 1. The molecule has 0 saturated heterocycles. The van der Waals surface area contributed by atoms with Gasteiger partial charge in [-0.05, 0) is 36.8 Å². The van der Waals surface area contributed by atoms with Crippen LogP contribution in [0.15, 0.2) is 53.3 Å². The maximum absolute atomic E-state index is 12.7. The lowest BCUT2D eigenvalue weighted by molar-refractivity contribution is 0.0730. The van der Waals surface area contributed by atoms with E-state index in [-0.39, 0.29) is 23.2 Å². The summed E-state index contributed by atoms with van der Waals surface area (Å²) in [5, 5.41) is 10.0. The molecule has 6 heteroatoms. The van der Waals surface area contributed by atoms with Crippen molar-refractivity contribution in [2.45, 2.75) is 13.0 Å². The summed E-state index contributed by atoms with van der Waals surface area (Å²) < 4.78 is 0. The number of aromatic nitrogens is 2. The highest BCUT2D eigenvalue weighted by Gasteiger charge is 2.21. The first kappa shape index (κ1) is 15.7. The van der Waals surface area contributed by atoms with Crippen LogP contribution >= 0.6 is 0 Å². The van der Waals surface area contributed by atoms with E-state index in [1.165, 1.54) is 4.90 Å². The Morgan fingerprint density at radius 3 is 2.71 bits per heavy atom. The van der Waals surface area contributed by atoms with Gasteiger partial charge in [0.25, 0.3) is 11.5 Å². The zero-order chi connectivity index (χ0) is 17.3. The van der Waals surface area contributed by atoms with Crippen LogP contribution in [0.25, 0.3) is 10.9 Å². The van der Waals surface area contributed by atoms with Gasteiger partial charge in [-0.15, -0.1) is 0 Å². The molecule has 1 atom stereocenters. The molecule has 0 aliphatic carbocycles. The number of H-pyrrole nitrogens is 1. The Morgan fingerprint density at radius 2 is 1.96 bits per heavy atom. The van der Waals surface area contributed by atoms with Crippen LogP contribution in [0.5, 0.6) is 5.75 Å². The molecule has 6 nitrogen and oxygen atoms in total. The highest BCUT2D eigenvalue weighted by atomic mass is 16.3. The van der Waals surface area contributed by atoms with E-state index in [9.17, 15) is 14.7 Å². The molecule has 2 aromatic carbocycles. The van der Waals surface area contributed by atoms with Crippen LogP contribution in [0.4, 0.5) is 0 Å². The number of fused-ring (bicyclic) bond motifs is 1. The summed E-state index contributed by atoms with van der Waals surface area (Å²) >= 11 is 0. The highest BCUT2D eigenvalue weighted by Crippen LogP contribution is 2.23. The lowest BCUT2D eigenvalue weighted by Crippen LogP contribution is -2.32. The molecule has 0 aliphatic rings. The SMILES string of the molecule is CC(c1cccc(O)c1)N(C)C(=O)c1nc2ccccc2c(=O)[nH]1. The predicted octanol–water partition coefficient (Wildman–Crippen LogP) is 2.46. The smallest absolute Gasteiger partial charge is 0.290 e. The fourth-order valence-corrected chi connectivity index (χ4v) is 2.54. The topological polar surface area (TPSA) is 86.3 Å². The molecular weight excluding hydrogens is 306 g/mol. The van der Waals surface area contributed by atoms with Crippen molar-refractivity contribution >= 4 is 16.8 Å². The maximum Gasteiger partial charge on any atom is 0.290 e. The largest absolute Gasteiger partial charge is 0.508 e. The van der Waals surface area contributed by atoms with Gasteiger partial charge >= 0.3 is 0 Å². The van der Waals surface area contributed by atoms with Gasteiger partial charge in [0.2, 0.25) is 0 Å². The maximum atomic E-state index is 12.7. The first-order chi connectivity index (χ1) is 11.5. The summed E-state index contributed by atoms with van der Waals surface area (Å²) in [6.45, 7) is 1.84. The van der Waals surface area contributed by atoms with E-state index < -0.39 is 5.91 Å². The molecule has 0 aliphatic heterocycles. The van der Waals surface area contributed by atoms with Crippen molar-refractivity contribution in [3.63, 3.8) is 0 Å². The number of rotatable bonds is 3. The number of amides is 1. The molecular formula is C18H17N3O3. The van der Waals surface area contributed by atoms with Gasteiger partial charge in [0.05, 0.1) is 16.9 Å². The molecule has 0 radical (unpaired) electrons. The minimum absolute atomic E-state index is 0.00629. The summed E-state index contributed by atoms with van der Waals surface area (Å²) in [5.41, 5.74) is 0.916. The number of aromatic hydroxyl groups is 1. The molecule has 1 aromatic heterocycles. The normalized spacial score (nSPS) is 12.1. The molecule has 0 saturated carbocycles. The molecule has 1 amide bonds. The van der Waals surface area contributed by atoms with Crippen LogP contribution in [0.2, 0.25) is 0 Å². The zero-order valence-electron chi connectivity index (χ0n) is 13.4. The summed E-state index contributed by atoms with van der Waals surface area (Å²) in [4.78, 5) is 33.1. The van der Waals surface area contributed by atoms with Crippen LogP contribution in [-0.4, -0.2) is 32.9 Å². The number of phenols is 1. The van der Waals surface area contributed by atoms with Crippen molar-refractivity contribution in [3.05, 3.63) is 70.3 Å².